The SMILES string of the molecule is Cc1c(C(=O)Nc2cccc(Cl)n2)sc2nnc(C(C)C)n12. The molecule has 3 rings (SSSR count). The van der Waals surface area contributed by atoms with E-state index in [-0.39, 0.29) is 11.8 Å². The van der Waals surface area contributed by atoms with Gasteiger partial charge in [-0.05, 0) is 19.1 Å². The highest BCUT2D eigenvalue weighted by Gasteiger charge is 2.21. The molecule has 22 heavy (non-hydrogen) atoms. The molecule has 3 heterocycles. The van der Waals surface area contributed by atoms with Gasteiger partial charge in [-0.3, -0.25) is 9.20 Å². The lowest BCUT2D eigenvalue weighted by Gasteiger charge is -2.05. The molecule has 0 spiro atoms. The van der Waals surface area contributed by atoms with Crippen molar-refractivity contribution in [2.75, 3.05) is 5.32 Å². The summed E-state index contributed by atoms with van der Waals surface area (Å²) in [6, 6.07) is 5.08. The van der Waals surface area contributed by atoms with Crippen LogP contribution in [0.3, 0.4) is 0 Å². The Hall–Kier alpha value is -1.99. The van der Waals surface area contributed by atoms with Crippen LogP contribution in [0.1, 0.15) is 41.0 Å². The predicted molar refractivity (Wildman–Crippen MR) is 86.9 cm³/mol. The summed E-state index contributed by atoms with van der Waals surface area (Å²) in [5.41, 5.74) is 0.827. The van der Waals surface area contributed by atoms with Crippen LogP contribution in [0.5, 0.6) is 0 Å². The molecule has 0 saturated carbocycles. The maximum atomic E-state index is 12.4. The van der Waals surface area contributed by atoms with E-state index in [1.165, 1.54) is 11.3 Å². The molecule has 0 aliphatic rings. The van der Waals surface area contributed by atoms with Gasteiger partial charge in [-0.25, -0.2) is 4.98 Å². The van der Waals surface area contributed by atoms with Gasteiger partial charge in [-0.15, -0.1) is 10.2 Å². The van der Waals surface area contributed by atoms with E-state index in [1.54, 1.807) is 18.2 Å². The highest BCUT2D eigenvalue weighted by atomic mass is 35.5. The number of carbonyl (C=O) groups excluding carboxylic acids is 1. The van der Waals surface area contributed by atoms with Gasteiger partial charge in [0, 0.05) is 11.6 Å². The lowest BCUT2D eigenvalue weighted by molar-refractivity contribution is 0.102. The van der Waals surface area contributed by atoms with Crippen molar-refractivity contribution in [3.05, 3.63) is 39.7 Å². The Balaban J connectivity index is 1.96. The molecule has 3 aromatic rings. The second-order valence-corrected chi connectivity index (χ2v) is 6.51. The van der Waals surface area contributed by atoms with Crippen LogP contribution in [0.15, 0.2) is 18.2 Å². The smallest absolute Gasteiger partial charge is 0.268 e. The number of anilines is 1. The maximum absolute atomic E-state index is 12.4. The topological polar surface area (TPSA) is 72.2 Å². The van der Waals surface area contributed by atoms with Crippen LogP contribution in [0.4, 0.5) is 5.82 Å². The van der Waals surface area contributed by atoms with E-state index in [4.69, 9.17) is 11.6 Å². The number of nitrogens with zero attached hydrogens (tertiary/aromatic N) is 4. The van der Waals surface area contributed by atoms with E-state index in [2.05, 4.69) is 20.5 Å². The number of hydrogen-bond donors (Lipinski definition) is 1. The summed E-state index contributed by atoms with van der Waals surface area (Å²) in [6.07, 6.45) is 0. The second-order valence-electron chi connectivity index (χ2n) is 5.15. The quantitative estimate of drug-likeness (QED) is 0.743. The van der Waals surface area contributed by atoms with Gasteiger partial charge < -0.3 is 5.32 Å². The molecule has 6 nitrogen and oxygen atoms in total. The highest BCUT2D eigenvalue weighted by Crippen LogP contribution is 2.26. The fourth-order valence-corrected chi connectivity index (χ4v) is 3.30. The van der Waals surface area contributed by atoms with Crippen molar-refractivity contribution in [1.29, 1.82) is 0 Å². The van der Waals surface area contributed by atoms with Crippen molar-refractivity contribution in [3.63, 3.8) is 0 Å². The zero-order valence-corrected chi connectivity index (χ0v) is 13.9. The molecule has 0 aliphatic heterocycles. The average Bonchev–Trinajstić information content (AvgIpc) is 2.99. The number of carbonyl (C=O) groups is 1. The van der Waals surface area contributed by atoms with Crippen molar-refractivity contribution in [2.45, 2.75) is 26.7 Å². The minimum Gasteiger partial charge on any atom is -0.306 e. The molecule has 1 N–H and O–H groups in total. The molecule has 0 saturated heterocycles. The predicted octanol–water partition coefficient (Wildman–Crippen LogP) is 3.52. The summed E-state index contributed by atoms with van der Waals surface area (Å²) in [4.78, 5) is 17.8. The first-order valence-electron chi connectivity index (χ1n) is 6.75. The van der Waals surface area contributed by atoms with Crippen LogP contribution in [-0.4, -0.2) is 25.5 Å². The molecule has 0 atom stereocenters. The summed E-state index contributed by atoms with van der Waals surface area (Å²) in [5.74, 6) is 1.28. The number of fused-ring (bicyclic) bond motifs is 1. The Morgan fingerprint density at radius 2 is 2.14 bits per heavy atom. The van der Waals surface area contributed by atoms with Gasteiger partial charge in [-0.1, -0.05) is 42.9 Å². The van der Waals surface area contributed by atoms with E-state index in [9.17, 15) is 4.79 Å². The second kappa shape index (κ2) is 5.66. The molecule has 0 fully saturated rings. The first-order valence-corrected chi connectivity index (χ1v) is 7.95. The number of halogens is 1. The van der Waals surface area contributed by atoms with Crippen molar-refractivity contribution < 1.29 is 4.79 Å². The molecular formula is C14H14ClN5OS. The Morgan fingerprint density at radius 3 is 2.82 bits per heavy atom. The molecule has 0 radical (unpaired) electrons. The minimum atomic E-state index is -0.225. The molecule has 0 aliphatic carbocycles. The standard InChI is InChI=1S/C14H14ClN5OS/c1-7(2)12-18-19-14-20(12)8(3)11(22-14)13(21)17-10-6-4-5-9(15)16-10/h4-7H,1-3H3,(H,16,17,21). The van der Waals surface area contributed by atoms with Crippen molar-refractivity contribution in [2.24, 2.45) is 0 Å². The van der Waals surface area contributed by atoms with Crippen LogP contribution in [0.2, 0.25) is 5.15 Å². The Bertz CT molecular complexity index is 854. The maximum Gasteiger partial charge on any atom is 0.268 e. The first-order chi connectivity index (χ1) is 10.5. The summed E-state index contributed by atoms with van der Waals surface area (Å²) in [7, 11) is 0. The average molecular weight is 336 g/mol. The molecule has 8 heteroatoms. The Kier molecular flexibility index (Phi) is 3.84. The van der Waals surface area contributed by atoms with E-state index < -0.39 is 0 Å². The number of rotatable bonds is 3. The number of aromatic nitrogens is 4. The van der Waals surface area contributed by atoms with E-state index in [0.29, 0.717) is 20.8 Å². The third kappa shape index (κ3) is 2.57. The summed E-state index contributed by atoms with van der Waals surface area (Å²) < 4.78 is 1.93. The Labute approximate surface area is 136 Å². The van der Waals surface area contributed by atoms with Gasteiger partial charge in [0.1, 0.15) is 21.7 Å². The fraction of sp³-hybridized carbons (Fsp3) is 0.286. The largest absolute Gasteiger partial charge is 0.306 e. The number of nitrogens with one attached hydrogen (secondary N) is 1. The van der Waals surface area contributed by atoms with Gasteiger partial charge in [0.05, 0.1) is 0 Å². The van der Waals surface area contributed by atoms with Crippen LogP contribution in [0, 0.1) is 6.92 Å². The summed E-state index contributed by atoms with van der Waals surface area (Å²) >= 11 is 7.14. The third-order valence-electron chi connectivity index (χ3n) is 3.20. The van der Waals surface area contributed by atoms with Gasteiger partial charge >= 0.3 is 0 Å². The number of thiazole rings is 1. The van der Waals surface area contributed by atoms with E-state index in [1.807, 2.05) is 25.2 Å². The van der Waals surface area contributed by atoms with E-state index in [0.717, 1.165) is 11.5 Å². The fourth-order valence-electron chi connectivity index (χ4n) is 2.16. The molecule has 114 valence electrons. The number of amides is 1. The Morgan fingerprint density at radius 1 is 1.36 bits per heavy atom. The van der Waals surface area contributed by atoms with Crippen molar-refractivity contribution in [1.82, 2.24) is 19.6 Å². The molecule has 1 amide bonds. The number of pyridine rings is 1. The normalized spacial score (nSPS) is 11.3. The van der Waals surface area contributed by atoms with Crippen LogP contribution in [0.25, 0.3) is 4.96 Å². The van der Waals surface area contributed by atoms with Crippen LogP contribution >= 0.6 is 22.9 Å². The van der Waals surface area contributed by atoms with E-state index >= 15 is 0 Å². The van der Waals surface area contributed by atoms with Crippen molar-refractivity contribution >= 4 is 39.6 Å². The third-order valence-corrected chi connectivity index (χ3v) is 4.54. The van der Waals surface area contributed by atoms with Crippen LogP contribution < -0.4 is 5.32 Å². The first kappa shape index (κ1) is 14.9. The minimum absolute atomic E-state index is 0.225. The molecular weight excluding hydrogens is 322 g/mol. The highest BCUT2D eigenvalue weighted by molar-refractivity contribution is 7.19. The molecule has 0 unspecified atom stereocenters. The lowest BCUT2D eigenvalue weighted by atomic mass is 10.2. The van der Waals surface area contributed by atoms with Gasteiger partial charge in [-0.2, -0.15) is 0 Å². The number of aryl methyl sites for hydroxylation is 1. The molecule has 0 aromatic carbocycles. The molecule has 0 bridgehead atoms. The summed E-state index contributed by atoms with van der Waals surface area (Å²) in [6.45, 7) is 5.98. The number of hydrogen-bond acceptors (Lipinski definition) is 5. The zero-order chi connectivity index (χ0) is 15.9. The molecule has 3 aromatic heterocycles. The van der Waals surface area contributed by atoms with Gasteiger partial charge in [0.15, 0.2) is 0 Å². The monoisotopic (exact) mass is 335 g/mol. The van der Waals surface area contributed by atoms with Crippen LogP contribution in [-0.2, 0) is 0 Å². The zero-order valence-electron chi connectivity index (χ0n) is 12.3. The summed E-state index contributed by atoms with van der Waals surface area (Å²) in [5, 5.41) is 11.4. The van der Waals surface area contributed by atoms with Gasteiger partial charge in [0.25, 0.3) is 5.91 Å². The van der Waals surface area contributed by atoms with Gasteiger partial charge in [0.2, 0.25) is 4.96 Å². The van der Waals surface area contributed by atoms with Crippen molar-refractivity contribution in [3.8, 4) is 0 Å². The lowest BCUT2D eigenvalue weighted by Crippen LogP contribution is -2.13.